The van der Waals surface area contributed by atoms with Crippen LogP contribution in [0.25, 0.3) is 22.2 Å². The van der Waals surface area contributed by atoms with Crippen LogP contribution in [0.5, 0.6) is 11.6 Å². The number of aliphatic carboxylic acids is 1. The Labute approximate surface area is 181 Å². The highest BCUT2D eigenvalue weighted by atomic mass is 16.5. The summed E-state index contributed by atoms with van der Waals surface area (Å²) in [6.45, 7) is 7.79. The van der Waals surface area contributed by atoms with E-state index >= 15 is 0 Å². The molecule has 0 fully saturated rings. The molecule has 3 rings (SSSR count). The highest BCUT2D eigenvalue weighted by Crippen LogP contribution is 2.35. The third-order valence-corrected chi connectivity index (χ3v) is 5.08. The molecule has 8 nitrogen and oxygen atoms in total. The summed E-state index contributed by atoms with van der Waals surface area (Å²) in [5, 5.41) is 10.1. The van der Waals surface area contributed by atoms with Gasteiger partial charge in [0.2, 0.25) is 11.6 Å². The topological polar surface area (TPSA) is 104 Å². The maximum absolute atomic E-state index is 11.5. The van der Waals surface area contributed by atoms with Crippen LogP contribution in [0.15, 0.2) is 41.3 Å². The number of carboxylic acid groups (broad SMARTS) is 1. The summed E-state index contributed by atoms with van der Waals surface area (Å²) in [7, 11) is 1.62. The third kappa shape index (κ3) is 5.32. The van der Waals surface area contributed by atoms with E-state index in [-0.39, 0.29) is 19.3 Å². The third-order valence-electron chi connectivity index (χ3n) is 5.08. The van der Waals surface area contributed by atoms with Crippen molar-refractivity contribution in [3.8, 4) is 22.8 Å². The van der Waals surface area contributed by atoms with E-state index in [0.717, 1.165) is 16.9 Å². The number of furan rings is 1. The van der Waals surface area contributed by atoms with Crippen molar-refractivity contribution in [2.24, 2.45) is 11.3 Å². The monoisotopic (exact) mass is 428 g/mol. The summed E-state index contributed by atoms with van der Waals surface area (Å²) < 4.78 is 22.5. The van der Waals surface area contributed by atoms with Crippen LogP contribution in [-0.2, 0) is 9.53 Å². The van der Waals surface area contributed by atoms with Crippen molar-refractivity contribution in [2.75, 3.05) is 20.3 Å². The molecular formula is C23H28N2O6. The molecule has 0 radical (unpaired) electrons. The van der Waals surface area contributed by atoms with Crippen LogP contribution in [0.3, 0.4) is 0 Å². The van der Waals surface area contributed by atoms with E-state index in [1.54, 1.807) is 13.4 Å². The minimum atomic E-state index is -0.874. The Balaban J connectivity index is 1.73. The molecule has 0 saturated heterocycles. The summed E-state index contributed by atoms with van der Waals surface area (Å²) >= 11 is 0. The molecule has 1 aromatic carbocycles. The summed E-state index contributed by atoms with van der Waals surface area (Å²) in [6, 6.07) is 7.57. The van der Waals surface area contributed by atoms with Crippen molar-refractivity contribution < 1.29 is 28.5 Å². The molecule has 3 aromatic rings. The average Bonchev–Trinajstić information content (AvgIpc) is 3.16. The van der Waals surface area contributed by atoms with Gasteiger partial charge >= 0.3 is 5.97 Å². The van der Waals surface area contributed by atoms with Gasteiger partial charge in [-0.05, 0) is 30.0 Å². The van der Waals surface area contributed by atoms with Crippen LogP contribution >= 0.6 is 0 Å². The van der Waals surface area contributed by atoms with Crippen molar-refractivity contribution in [3.05, 3.63) is 36.9 Å². The Bertz CT molecular complexity index is 1020. The van der Waals surface area contributed by atoms with E-state index in [2.05, 4.69) is 9.97 Å². The molecule has 31 heavy (non-hydrogen) atoms. The van der Waals surface area contributed by atoms with Crippen LogP contribution in [0.4, 0.5) is 0 Å². The van der Waals surface area contributed by atoms with Gasteiger partial charge in [-0.25, -0.2) is 9.97 Å². The number of rotatable bonds is 9. The van der Waals surface area contributed by atoms with Crippen molar-refractivity contribution in [1.82, 2.24) is 9.97 Å². The summed E-state index contributed by atoms with van der Waals surface area (Å²) in [5.41, 5.74) is 1.73. The van der Waals surface area contributed by atoms with E-state index in [9.17, 15) is 9.90 Å². The highest BCUT2D eigenvalue weighted by Gasteiger charge is 2.32. The standard InChI is InChI=1S/C23H28N2O6/c1-14(29-12-18(22(26)27)23(2,3)4)10-30-20-19-17(11-31-21(19)25-13-24-20)15-6-8-16(28-5)9-7-15/h6-9,11,13-14,18H,10,12H2,1-5H3,(H,26,27)/t14-,18?/m0/s1. The number of hydrogen-bond acceptors (Lipinski definition) is 7. The summed E-state index contributed by atoms with van der Waals surface area (Å²) in [5.74, 6) is -0.354. The van der Waals surface area contributed by atoms with Gasteiger partial charge in [-0.2, -0.15) is 0 Å². The molecule has 0 aliphatic heterocycles. The van der Waals surface area contributed by atoms with Gasteiger partial charge in [-0.15, -0.1) is 0 Å². The first-order valence-corrected chi connectivity index (χ1v) is 10.0. The Morgan fingerprint density at radius 2 is 1.87 bits per heavy atom. The number of benzene rings is 1. The van der Waals surface area contributed by atoms with Gasteiger partial charge in [0.25, 0.3) is 0 Å². The molecule has 0 saturated carbocycles. The fourth-order valence-corrected chi connectivity index (χ4v) is 3.14. The van der Waals surface area contributed by atoms with Gasteiger partial charge in [-0.3, -0.25) is 4.79 Å². The molecule has 8 heteroatoms. The second kappa shape index (κ2) is 9.34. The Morgan fingerprint density at radius 1 is 1.16 bits per heavy atom. The van der Waals surface area contributed by atoms with E-state index in [1.807, 2.05) is 52.0 Å². The first-order valence-electron chi connectivity index (χ1n) is 10.0. The number of aromatic nitrogens is 2. The smallest absolute Gasteiger partial charge is 0.309 e. The van der Waals surface area contributed by atoms with Gasteiger partial charge < -0.3 is 23.7 Å². The van der Waals surface area contributed by atoms with E-state index in [4.69, 9.17) is 18.6 Å². The molecule has 0 aliphatic rings. The lowest BCUT2D eigenvalue weighted by Crippen LogP contribution is -2.34. The first kappa shape index (κ1) is 22.6. The Hall–Kier alpha value is -3.13. The van der Waals surface area contributed by atoms with Gasteiger partial charge in [-0.1, -0.05) is 32.9 Å². The molecule has 2 atom stereocenters. The van der Waals surface area contributed by atoms with Crippen LogP contribution in [0.2, 0.25) is 0 Å². The van der Waals surface area contributed by atoms with Crippen LogP contribution in [-0.4, -0.2) is 47.5 Å². The quantitative estimate of drug-likeness (QED) is 0.534. The molecule has 1 unspecified atom stereocenters. The lowest BCUT2D eigenvalue weighted by Gasteiger charge is -2.28. The number of carbonyl (C=O) groups is 1. The van der Waals surface area contributed by atoms with Crippen molar-refractivity contribution in [3.63, 3.8) is 0 Å². The van der Waals surface area contributed by atoms with Crippen LogP contribution in [0, 0.1) is 11.3 Å². The molecule has 0 amide bonds. The van der Waals surface area contributed by atoms with E-state index < -0.39 is 17.3 Å². The molecular weight excluding hydrogens is 400 g/mol. The highest BCUT2D eigenvalue weighted by molar-refractivity contribution is 5.95. The van der Waals surface area contributed by atoms with E-state index in [0.29, 0.717) is 17.0 Å². The largest absolute Gasteiger partial charge is 0.497 e. The normalized spacial score (nSPS) is 13.7. The first-order chi connectivity index (χ1) is 14.7. The molecule has 0 bridgehead atoms. The summed E-state index contributed by atoms with van der Waals surface area (Å²) in [4.78, 5) is 20.0. The molecule has 2 aromatic heterocycles. The van der Waals surface area contributed by atoms with Gasteiger partial charge in [0.05, 0.1) is 25.7 Å². The van der Waals surface area contributed by atoms with Gasteiger partial charge in [0.1, 0.15) is 30.3 Å². The zero-order chi connectivity index (χ0) is 22.6. The molecule has 0 spiro atoms. The fraction of sp³-hybridized carbons (Fsp3) is 0.435. The maximum atomic E-state index is 11.5. The fourth-order valence-electron chi connectivity index (χ4n) is 3.14. The second-order valence-electron chi connectivity index (χ2n) is 8.45. The Kier molecular flexibility index (Phi) is 6.80. The molecule has 1 N–H and O–H groups in total. The van der Waals surface area contributed by atoms with Crippen LogP contribution < -0.4 is 9.47 Å². The van der Waals surface area contributed by atoms with Crippen molar-refractivity contribution >= 4 is 17.1 Å². The SMILES string of the molecule is COc1ccc(-c2coc3ncnc(OC[C@H](C)OCC(C(=O)O)C(C)(C)C)c23)cc1. The molecule has 166 valence electrons. The predicted molar refractivity (Wildman–Crippen MR) is 115 cm³/mol. The number of methoxy groups -OCH3 is 1. The van der Waals surface area contributed by atoms with Crippen LogP contribution in [0.1, 0.15) is 27.7 Å². The van der Waals surface area contributed by atoms with E-state index in [1.165, 1.54) is 6.33 Å². The van der Waals surface area contributed by atoms with Crippen molar-refractivity contribution in [2.45, 2.75) is 33.8 Å². The maximum Gasteiger partial charge on any atom is 0.309 e. The lowest BCUT2D eigenvalue weighted by molar-refractivity contribution is -0.149. The minimum absolute atomic E-state index is 0.103. The number of fused-ring (bicyclic) bond motifs is 1. The van der Waals surface area contributed by atoms with Gasteiger partial charge in [0, 0.05) is 5.56 Å². The Morgan fingerprint density at radius 3 is 2.48 bits per heavy atom. The predicted octanol–water partition coefficient (Wildman–Crippen LogP) is 4.43. The minimum Gasteiger partial charge on any atom is -0.497 e. The number of carboxylic acids is 1. The number of hydrogen-bond donors (Lipinski definition) is 1. The second-order valence-corrected chi connectivity index (χ2v) is 8.45. The van der Waals surface area contributed by atoms with Gasteiger partial charge in [0.15, 0.2) is 0 Å². The van der Waals surface area contributed by atoms with Crippen molar-refractivity contribution in [1.29, 1.82) is 0 Å². The lowest BCUT2D eigenvalue weighted by atomic mass is 9.81. The summed E-state index contributed by atoms with van der Waals surface area (Å²) in [6.07, 6.45) is 2.67. The zero-order valence-electron chi connectivity index (χ0n) is 18.4. The number of ether oxygens (including phenoxy) is 3. The molecule has 0 aliphatic carbocycles. The zero-order valence-corrected chi connectivity index (χ0v) is 18.4. The molecule has 2 heterocycles. The number of nitrogens with zero attached hydrogens (tertiary/aromatic N) is 2. The average molecular weight is 428 g/mol.